The molecular weight excluding hydrogens is 224 g/mol. The van der Waals surface area contributed by atoms with Crippen molar-refractivity contribution in [1.29, 1.82) is 0 Å². The minimum absolute atomic E-state index is 0.224. The van der Waals surface area contributed by atoms with E-state index in [1.165, 1.54) is 32.1 Å². The van der Waals surface area contributed by atoms with Crippen LogP contribution in [0.25, 0.3) is 0 Å². The van der Waals surface area contributed by atoms with Gasteiger partial charge in [-0.3, -0.25) is 0 Å². The van der Waals surface area contributed by atoms with Gasteiger partial charge in [0.25, 0.3) is 0 Å². The molecule has 0 aliphatic rings. The van der Waals surface area contributed by atoms with E-state index in [4.69, 9.17) is 11.6 Å². The number of alkyl halides is 1. The average Bonchev–Trinajstić information content (AvgIpc) is 2.26. The highest BCUT2D eigenvalue weighted by Crippen LogP contribution is 2.11. The zero-order valence-corrected chi connectivity index (χ0v) is 10.7. The molecule has 94 valence electrons. The van der Waals surface area contributed by atoms with Crippen molar-refractivity contribution in [3.05, 3.63) is 12.2 Å². The molecule has 0 spiro atoms. The van der Waals surface area contributed by atoms with E-state index < -0.39 is 5.97 Å². The largest absolute Gasteiger partial charge is 0.545 e. The Kier molecular flexibility index (Phi) is 10.7. The summed E-state index contributed by atoms with van der Waals surface area (Å²) in [5.74, 6) is -0.341. The normalized spacial score (nSPS) is 10.3. The van der Waals surface area contributed by atoms with E-state index in [0.29, 0.717) is 6.42 Å². The molecule has 0 rings (SSSR count). The van der Waals surface area contributed by atoms with Crippen LogP contribution in [0.2, 0.25) is 0 Å². The van der Waals surface area contributed by atoms with Crippen molar-refractivity contribution in [3.63, 3.8) is 0 Å². The first-order chi connectivity index (χ1) is 7.68. The van der Waals surface area contributed by atoms with E-state index in [1.807, 2.05) is 0 Å². The van der Waals surface area contributed by atoms with Crippen molar-refractivity contribution in [1.82, 2.24) is 0 Å². The lowest BCUT2D eigenvalue weighted by molar-refractivity contribution is -0.299. The number of halogens is 1. The molecule has 0 aromatic carbocycles. The predicted molar refractivity (Wildman–Crippen MR) is 66.4 cm³/mol. The summed E-state index contributed by atoms with van der Waals surface area (Å²) in [5, 5.41) is 10.3. The lowest BCUT2D eigenvalue weighted by atomic mass is 10.1. The van der Waals surface area contributed by atoms with Crippen LogP contribution in [0.1, 0.15) is 57.8 Å². The number of rotatable bonds is 11. The van der Waals surface area contributed by atoms with Gasteiger partial charge in [0, 0.05) is 5.88 Å². The van der Waals surface area contributed by atoms with Crippen molar-refractivity contribution >= 4 is 17.6 Å². The Bertz CT molecular complexity index is 202. The molecule has 0 bridgehead atoms. The Morgan fingerprint density at radius 1 is 0.938 bits per heavy atom. The summed E-state index contributed by atoms with van der Waals surface area (Å²) < 4.78 is 0. The number of carbonyl (C=O) groups is 1. The molecule has 0 fully saturated rings. The monoisotopic (exact) mass is 245 g/mol. The Labute approximate surface area is 104 Å². The smallest absolute Gasteiger partial charge is 0.0668 e. The summed E-state index contributed by atoms with van der Waals surface area (Å²) in [4.78, 5) is 10.3. The summed E-state index contributed by atoms with van der Waals surface area (Å²) in [7, 11) is 0. The maximum Gasteiger partial charge on any atom is 0.0668 e. The second-order valence-electron chi connectivity index (χ2n) is 4.16. The van der Waals surface area contributed by atoms with Gasteiger partial charge in [0.15, 0.2) is 0 Å². The Morgan fingerprint density at radius 2 is 1.38 bits per heavy atom. The van der Waals surface area contributed by atoms with Crippen molar-refractivity contribution < 1.29 is 9.90 Å². The van der Waals surface area contributed by atoms with Crippen LogP contribution in [-0.2, 0) is 4.79 Å². The number of hydrogen-bond donors (Lipinski definition) is 0. The number of aliphatic carboxylic acids is 1. The third-order valence-corrected chi connectivity index (χ3v) is 2.92. The van der Waals surface area contributed by atoms with E-state index in [9.17, 15) is 9.90 Å². The molecule has 0 N–H and O–H groups in total. The van der Waals surface area contributed by atoms with E-state index in [1.54, 1.807) is 0 Å². The van der Waals surface area contributed by atoms with Gasteiger partial charge in [0.2, 0.25) is 0 Å². The molecule has 16 heavy (non-hydrogen) atoms. The number of carboxylic acids is 1. The summed E-state index contributed by atoms with van der Waals surface area (Å²) in [5.41, 5.74) is 0.224. The summed E-state index contributed by atoms with van der Waals surface area (Å²) in [6.07, 6.45) is 9.85. The highest BCUT2D eigenvalue weighted by Gasteiger charge is 1.96. The Morgan fingerprint density at radius 3 is 1.81 bits per heavy atom. The van der Waals surface area contributed by atoms with Crippen molar-refractivity contribution in [2.24, 2.45) is 0 Å². The van der Waals surface area contributed by atoms with Crippen LogP contribution in [-0.4, -0.2) is 11.8 Å². The molecule has 0 amide bonds. The lowest BCUT2D eigenvalue weighted by Crippen LogP contribution is -2.23. The minimum atomic E-state index is -1.11. The van der Waals surface area contributed by atoms with Crippen LogP contribution in [0.4, 0.5) is 0 Å². The van der Waals surface area contributed by atoms with Crippen molar-refractivity contribution in [2.75, 3.05) is 5.88 Å². The Hall–Kier alpha value is -0.500. The third kappa shape index (κ3) is 10.0. The zero-order chi connectivity index (χ0) is 12.2. The fraction of sp³-hybridized carbons (Fsp3) is 0.769. The first-order valence-corrected chi connectivity index (χ1v) is 6.67. The first-order valence-electron chi connectivity index (χ1n) is 6.13. The quantitative estimate of drug-likeness (QED) is 0.319. The van der Waals surface area contributed by atoms with Gasteiger partial charge in [-0.1, -0.05) is 45.1 Å². The molecular formula is C13H22ClO2-. The molecule has 0 radical (unpaired) electrons. The van der Waals surface area contributed by atoms with Gasteiger partial charge in [-0.15, -0.1) is 11.6 Å². The van der Waals surface area contributed by atoms with E-state index in [2.05, 4.69) is 6.58 Å². The topological polar surface area (TPSA) is 40.1 Å². The fourth-order valence-electron chi connectivity index (χ4n) is 1.60. The standard InChI is InChI=1S/C13H23ClO2/c1-12(13(15)16)10-8-6-4-2-3-5-7-9-11-14/h1-11H2,(H,15,16)/p-1. The molecule has 0 saturated heterocycles. The van der Waals surface area contributed by atoms with Crippen molar-refractivity contribution in [2.45, 2.75) is 57.8 Å². The van der Waals surface area contributed by atoms with Crippen LogP contribution in [0.5, 0.6) is 0 Å². The van der Waals surface area contributed by atoms with Crippen LogP contribution < -0.4 is 5.11 Å². The van der Waals surface area contributed by atoms with Gasteiger partial charge < -0.3 is 9.90 Å². The molecule has 3 heteroatoms. The minimum Gasteiger partial charge on any atom is -0.545 e. The SMILES string of the molecule is C=C(CCCCCCCCCCCl)C(=O)[O-]. The third-order valence-electron chi connectivity index (χ3n) is 2.65. The molecule has 0 atom stereocenters. The molecule has 0 heterocycles. The van der Waals surface area contributed by atoms with E-state index >= 15 is 0 Å². The van der Waals surface area contributed by atoms with Crippen LogP contribution in [0, 0.1) is 0 Å². The maximum absolute atomic E-state index is 10.3. The molecule has 0 aromatic rings. The lowest BCUT2D eigenvalue weighted by Gasteiger charge is -2.05. The second kappa shape index (κ2) is 11.0. The Balaban J connectivity index is 3.10. The molecule has 0 unspecified atom stereocenters. The van der Waals surface area contributed by atoms with Crippen LogP contribution in [0.3, 0.4) is 0 Å². The zero-order valence-electron chi connectivity index (χ0n) is 9.97. The second-order valence-corrected chi connectivity index (χ2v) is 4.54. The number of hydrogen-bond acceptors (Lipinski definition) is 2. The van der Waals surface area contributed by atoms with Gasteiger partial charge in [-0.25, -0.2) is 0 Å². The van der Waals surface area contributed by atoms with E-state index in [0.717, 1.165) is 25.1 Å². The molecule has 2 nitrogen and oxygen atoms in total. The van der Waals surface area contributed by atoms with Crippen LogP contribution >= 0.6 is 11.6 Å². The number of carboxylic acid groups (broad SMARTS) is 1. The number of unbranched alkanes of at least 4 members (excludes halogenated alkanes) is 7. The van der Waals surface area contributed by atoms with Gasteiger partial charge in [-0.2, -0.15) is 0 Å². The van der Waals surface area contributed by atoms with Crippen LogP contribution in [0.15, 0.2) is 12.2 Å². The van der Waals surface area contributed by atoms with Gasteiger partial charge in [0.1, 0.15) is 0 Å². The average molecular weight is 246 g/mol. The van der Waals surface area contributed by atoms with Crippen molar-refractivity contribution in [3.8, 4) is 0 Å². The van der Waals surface area contributed by atoms with Gasteiger partial charge in [-0.05, 0) is 24.8 Å². The predicted octanol–water partition coefficient (Wildman–Crippen LogP) is 3.04. The maximum atomic E-state index is 10.3. The summed E-state index contributed by atoms with van der Waals surface area (Å²) in [6.45, 7) is 3.45. The summed E-state index contributed by atoms with van der Waals surface area (Å²) in [6, 6.07) is 0. The summed E-state index contributed by atoms with van der Waals surface area (Å²) >= 11 is 5.58. The first kappa shape index (κ1) is 15.5. The van der Waals surface area contributed by atoms with E-state index in [-0.39, 0.29) is 5.57 Å². The number of carbonyl (C=O) groups excluding carboxylic acids is 1. The molecule has 0 saturated carbocycles. The highest BCUT2D eigenvalue weighted by atomic mass is 35.5. The van der Waals surface area contributed by atoms with Gasteiger partial charge >= 0.3 is 0 Å². The fourth-order valence-corrected chi connectivity index (χ4v) is 1.78. The molecule has 0 aromatic heterocycles. The molecule has 0 aliphatic heterocycles. The molecule has 0 aliphatic carbocycles. The van der Waals surface area contributed by atoms with Gasteiger partial charge in [0.05, 0.1) is 5.97 Å². The highest BCUT2D eigenvalue weighted by molar-refractivity contribution is 6.17.